The van der Waals surface area contributed by atoms with Crippen LogP contribution >= 0.6 is 23.2 Å². The summed E-state index contributed by atoms with van der Waals surface area (Å²) < 4.78 is 41.7. The molecular formula is C31H31Cl2F2N3O4. The highest BCUT2D eigenvalue weighted by atomic mass is 35.5. The van der Waals surface area contributed by atoms with Crippen LogP contribution in [-0.4, -0.2) is 54.2 Å². The van der Waals surface area contributed by atoms with Gasteiger partial charge >= 0.3 is 0 Å². The molecule has 0 aliphatic carbocycles. The number of pyridine rings is 2. The van der Waals surface area contributed by atoms with Gasteiger partial charge in [0.25, 0.3) is 0 Å². The Kier molecular flexibility index (Phi) is 11.1. The number of nitrogens with one attached hydrogen (secondary N) is 1. The maximum Gasteiger partial charge on any atom is 0.218 e. The van der Waals surface area contributed by atoms with Crippen LogP contribution in [0.4, 0.5) is 8.78 Å². The van der Waals surface area contributed by atoms with Crippen molar-refractivity contribution >= 4 is 23.2 Å². The molecule has 2 aromatic heterocycles. The Bertz CT molecular complexity index is 1440. The number of aliphatic hydroxyl groups is 2. The molecule has 11 heteroatoms. The van der Waals surface area contributed by atoms with Crippen LogP contribution in [-0.2, 0) is 13.0 Å². The van der Waals surface area contributed by atoms with Gasteiger partial charge in [-0.25, -0.2) is 18.7 Å². The average Bonchev–Trinajstić information content (AvgIpc) is 2.99. The zero-order valence-electron chi connectivity index (χ0n) is 23.2. The molecule has 3 N–H and O–H groups in total. The summed E-state index contributed by atoms with van der Waals surface area (Å²) >= 11 is 13.5. The van der Waals surface area contributed by atoms with E-state index >= 15 is 8.78 Å². The maximum absolute atomic E-state index is 15.4. The van der Waals surface area contributed by atoms with Crippen molar-refractivity contribution in [2.24, 2.45) is 0 Å². The van der Waals surface area contributed by atoms with E-state index in [-0.39, 0.29) is 34.4 Å². The smallest absolute Gasteiger partial charge is 0.218 e. The predicted molar refractivity (Wildman–Crippen MR) is 160 cm³/mol. The van der Waals surface area contributed by atoms with Gasteiger partial charge in [-0.15, -0.1) is 0 Å². The summed E-state index contributed by atoms with van der Waals surface area (Å²) in [6.45, 7) is 0.901. The molecule has 222 valence electrons. The van der Waals surface area contributed by atoms with Crippen LogP contribution in [0.2, 0.25) is 10.0 Å². The quantitative estimate of drug-likeness (QED) is 0.148. The van der Waals surface area contributed by atoms with Crippen LogP contribution in [0.5, 0.6) is 11.8 Å². The fourth-order valence-corrected chi connectivity index (χ4v) is 5.29. The second kappa shape index (κ2) is 14.7. The lowest BCUT2D eigenvalue weighted by molar-refractivity contribution is 0.284. The van der Waals surface area contributed by atoms with Crippen molar-refractivity contribution in [1.82, 2.24) is 15.3 Å². The summed E-state index contributed by atoms with van der Waals surface area (Å²) in [5.41, 5.74) is 2.71. The molecule has 0 radical (unpaired) electrons. The van der Waals surface area contributed by atoms with Gasteiger partial charge in [-0.2, -0.15) is 0 Å². The molecule has 0 atom stereocenters. The molecule has 0 spiro atoms. The van der Waals surface area contributed by atoms with Crippen LogP contribution < -0.4 is 14.8 Å². The predicted octanol–water partition coefficient (Wildman–Crippen LogP) is 6.48. The van der Waals surface area contributed by atoms with Crippen molar-refractivity contribution < 1.29 is 28.5 Å². The van der Waals surface area contributed by atoms with E-state index in [9.17, 15) is 0 Å². The second-order valence-corrected chi connectivity index (χ2v) is 10.1. The highest BCUT2D eigenvalue weighted by Gasteiger charge is 2.24. The zero-order chi connectivity index (χ0) is 30.2. The number of ether oxygens (including phenoxy) is 2. The molecule has 4 aromatic rings. The third kappa shape index (κ3) is 6.82. The second-order valence-electron chi connectivity index (χ2n) is 9.38. The Morgan fingerprint density at radius 2 is 1.24 bits per heavy atom. The molecule has 0 aliphatic heterocycles. The van der Waals surface area contributed by atoms with Gasteiger partial charge in [-0.3, -0.25) is 0 Å². The standard InChI is InChI=1S/C31H31Cl2F2N3O4/c1-41-30-18(5-3-4-15-39)6-12-24(37-30)20-8-10-22(34)26(28(20)32)27-23(35)11-9-21(29(27)33)25-13-7-19(17-36-14-16-40)31(38-25)42-2/h6-13,36,39-40H,3-5,14-17H2,1-2H3. The van der Waals surface area contributed by atoms with E-state index < -0.39 is 11.6 Å². The SMILES string of the molecule is COc1nc(-c2ccc(F)c(-c3c(F)ccc(-c4ccc(CNCCO)c(OC)n4)c3Cl)c2Cl)ccc1CCCCO. The van der Waals surface area contributed by atoms with Gasteiger partial charge in [0.2, 0.25) is 11.8 Å². The fraction of sp³-hybridized carbons (Fsp3) is 0.290. The number of unbranched alkanes of at least 4 members (excludes halogenated alkanes) is 1. The summed E-state index contributed by atoms with van der Waals surface area (Å²) in [4.78, 5) is 9.10. The van der Waals surface area contributed by atoms with E-state index in [1.165, 1.54) is 38.5 Å². The molecule has 0 saturated carbocycles. The molecule has 0 unspecified atom stereocenters. The van der Waals surface area contributed by atoms with Gasteiger partial charge in [0.1, 0.15) is 11.6 Å². The van der Waals surface area contributed by atoms with Crippen LogP contribution in [0.25, 0.3) is 33.6 Å². The van der Waals surface area contributed by atoms with Crippen molar-refractivity contribution in [3.8, 4) is 45.4 Å². The van der Waals surface area contributed by atoms with E-state index in [4.69, 9.17) is 42.9 Å². The van der Waals surface area contributed by atoms with Crippen molar-refractivity contribution in [3.63, 3.8) is 0 Å². The first kappa shape index (κ1) is 31.6. The number of hydrogen-bond acceptors (Lipinski definition) is 7. The van der Waals surface area contributed by atoms with E-state index in [0.29, 0.717) is 60.2 Å². The maximum atomic E-state index is 15.4. The van der Waals surface area contributed by atoms with Crippen LogP contribution in [0.1, 0.15) is 24.0 Å². The molecule has 0 aliphatic rings. The van der Waals surface area contributed by atoms with Gasteiger partial charge in [-0.05, 0) is 55.7 Å². The first-order valence-electron chi connectivity index (χ1n) is 13.3. The molecule has 4 rings (SSSR count). The molecule has 2 aromatic carbocycles. The molecule has 0 saturated heterocycles. The number of aliphatic hydroxyl groups excluding tert-OH is 2. The lowest BCUT2D eigenvalue weighted by Gasteiger charge is -2.17. The number of hydrogen-bond donors (Lipinski definition) is 3. The fourth-order valence-electron chi connectivity index (χ4n) is 4.61. The lowest BCUT2D eigenvalue weighted by Crippen LogP contribution is -2.18. The molecule has 0 amide bonds. The summed E-state index contributed by atoms with van der Waals surface area (Å²) in [7, 11) is 2.98. The minimum absolute atomic E-state index is 0.0115. The van der Waals surface area contributed by atoms with Crippen molar-refractivity contribution in [3.05, 3.63) is 81.3 Å². The molecule has 42 heavy (non-hydrogen) atoms. The first-order chi connectivity index (χ1) is 20.3. The van der Waals surface area contributed by atoms with E-state index in [1.54, 1.807) is 18.2 Å². The number of aromatic nitrogens is 2. The Hall–Kier alpha value is -3.34. The minimum Gasteiger partial charge on any atom is -0.481 e. The Morgan fingerprint density at radius 1 is 0.714 bits per heavy atom. The third-order valence-electron chi connectivity index (χ3n) is 6.71. The topological polar surface area (TPSA) is 96.7 Å². The van der Waals surface area contributed by atoms with Gasteiger partial charge in [0.15, 0.2) is 0 Å². The van der Waals surface area contributed by atoms with E-state index in [2.05, 4.69) is 15.3 Å². The number of halogens is 4. The van der Waals surface area contributed by atoms with Crippen LogP contribution in [0.3, 0.4) is 0 Å². The summed E-state index contributed by atoms with van der Waals surface area (Å²) in [6.07, 6.45) is 2.07. The normalized spacial score (nSPS) is 11.1. The van der Waals surface area contributed by atoms with Crippen LogP contribution in [0, 0.1) is 11.6 Å². The van der Waals surface area contributed by atoms with E-state index in [0.717, 1.165) is 17.5 Å². The third-order valence-corrected chi connectivity index (χ3v) is 7.49. The summed E-state index contributed by atoms with van der Waals surface area (Å²) in [5.74, 6) is -0.812. The average molecular weight is 619 g/mol. The van der Waals surface area contributed by atoms with Crippen molar-refractivity contribution in [1.29, 1.82) is 0 Å². The Labute approximate surface area is 253 Å². The lowest BCUT2D eigenvalue weighted by atomic mass is 9.96. The highest BCUT2D eigenvalue weighted by molar-refractivity contribution is 6.39. The molecule has 7 nitrogen and oxygen atoms in total. The van der Waals surface area contributed by atoms with Gasteiger partial charge in [0.05, 0.1) is 42.3 Å². The number of aryl methyl sites for hydroxylation is 1. The van der Waals surface area contributed by atoms with Crippen molar-refractivity contribution in [2.75, 3.05) is 34.0 Å². The zero-order valence-corrected chi connectivity index (χ0v) is 24.7. The van der Waals surface area contributed by atoms with Gasteiger partial charge < -0.3 is 25.0 Å². The largest absolute Gasteiger partial charge is 0.481 e. The number of methoxy groups -OCH3 is 2. The minimum atomic E-state index is -0.761. The van der Waals surface area contributed by atoms with Gasteiger partial charge in [0, 0.05) is 53.1 Å². The van der Waals surface area contributed by atoms with Crippen molar-refractivity contribution in [2.45, 2.75) is 25.8 Å². The summed E-state index contributed by atoms with van der Waals surface area (Å²) in [6, 6.07) is 12.4. The Balaban J connectivity index is 1.78. The van der Waals surface area contributed by atoms with Gasteiger partial charge in [-0.1, -0.05) is 35.3 Å². The number of nitrogens with zero attached hydrogens (tertiary/aromatic N) is 2. The number of benzene rings is 2. The Morgan fingerprint density at radius 3 is 1.74 bits per heavy atom. The summed E-state index contributed by atoms with van der Waals surface area (Å²) in [5, 5.41) is 21.0. The monoisotopic (exact) mass is 617 g/mol. The first-order valence-corrected chi connectivity index (χ1v) is 14.1. The van der Waals surface area contributed by atoms with Crippen LogP contribution in [0.15, 0.2) is 48.5 Å². The molecule has 0 bridgehead atoms. The molecule has 0 fully saturated rings. The number of rotatable bonds is 13. The molecular weight excluding hydrogens is 587 g/mol. The molecule has 2 heterocycles. The van der Waals surface area contributed by atoms with E-state index in [1.807, 2.05) is 6.07 Å². The highest BCUT2D eigenvalue weighted by Crippen LogP contribution is 2.45.